The maximum absolute atomic E-state index is 12.6. The van der Waals surface area contributed by atoms with Crippen LogP contribution in [-0.2, 0) is 19.4 Å². The lowest BCUT2D eigenvalue weighted by Crippen LogP contribution is -2.48. The maximum Gasteiger partial charge on any atom is 0.338 e. The van der Waals surface area contributed by atoms with Crippen LogP contribution in [-0.4, -0.2) is 55.4 Å². The molecule has 1 amide bonds. The number of benzene rings is 1. The lowest BCUT2D eigenvalue weighted by atomic mass is 10.1. The second kappa shape index (κ2) is 8.32. The van der Waals surface area contributed by atoms with Crippen molar-refractivity contribution in [3.8, 4) is 6.07 Å². The summed E-state index contributed by atoms with van der Waals surface area (Å²) in [5.74, 6) is -1.04. The summed E-state index contributed by atoms with van der Waals surface area (Å²) in [7, 11) is -3.12. The van der Waals surface area contributed by atoms with Crippen molar-refractivity contribution >= 4 is 21.7 Å². The average Bonchev–Trinajstić information content (AvgIpc) is 2.99. The number of nitrogens with zero attached hydrogens (tertiary/aromatic N) is 2. The van der Waals surface area contributed by atoms with Gasteiger partial charge in [0.1, 0.15) is 0 Å². The smallest absolute Gasteiger partial charge is 0.338 e. The van der Waals surface area contributed by atoms with Crippen LogP contribution in [0.25, 0.3) is 0 Å². The van der Waals surface area contributed by atoms with E-state index in [4.69, 9.17) is 10.00 Å². The topological polar surface area (TPSA) is 105 Å². The summed E-state index contributed by atoms with van der Waals surface area (Å²) in [5.41, 5.74) is 0.665. The van der Waals surface area contributed by atoms with Crippen molar-refractivity contribution in [2.45, 2.75) is 38.8 Å². The minimum Gasteiger partial charge on any atom is -0.452 e. The number of carbonyl (C=O) groups is 2. The third kappa shape index (κ3) is 4.82. The van der Waals surface area contributed by atoms with Crippen molar-refractivity contribution in [3.05, 3.63) is 35.4 Å². The number of nitriles is 1. The molecular weight excluding hydrogens is 356 g/mol. The van der Waals surface area contributed by atoms with Crippen molar-refractivity contribution in [3.63, 3.8) is 0 Å². The molecule has 1 fully saturated rings. The molecule has 0 aromatic heterocycles. The zero-order chi connectivity index (χ0) is 19.3. The SMILES string of the molecule is CCC(C)N(C(=O)COC(=O)c1ccc(C#N)cc1)C1CCS(=O)(=O)C1. The van der Waals surface area contributed by atoms with Crippen LogP contribution in [0, 0.1) is 11.3 Å². The van der Waals surface area contributed by atoms with Crippen LogP contribution in [0.4, 0.5) is 0 Å². The molecule has 0 aliphatic carbocycles. The van der Waals surface area contributed by atoms with Crippen LogP contribution in [0.1, 0.15) is 42.6 Å². The average molecular weight is 378 g/mol. The van der Waals surface area contributed by atoms with Crippen LogP contribution in [0.3, 0.4) is 0 Å². The van der Waals surface area contributed by atoms with Gasteiger partial charge in [0.15, 0.2) is 16.4 Å². The first-order chi connectivity index (χ1) is 12.3. The summed E-state index contributed by atoms with van der Waals surface area (Å²) >= 11 is 0. The highest BCUT2D eigenvalue weighted by Gasteiger charge is 2.36. The summed E-state index contributed by atoms with van der Waals surface area (Å²) < 4.78 is 28.6. The third-order valence-corrected chi connectivity index (χ3v) is 6.28. The van der Waals surface area contributed by atoms with Crippen LogP contribution >= 0.6 is 0 Å². The van der Waals surface area contributed by atoms with E-state index in [1.54, 1.807) is 0 Å². The highest BCUT2D eigenvalue weighted by atomic mass is 32.2. The number of hydrogen-bond donors (Lipinski definition) is 0. The number of rotatable bonds is 6. The number of esters is 1. The zero-order valence-electron chi connectivity index (χ0n) is 14.8. The second-order valence-corrected chi connectivity index (χ2v) is 8.61. The van der Waals surface area contributed by atoms with Gasteiger partial charge in [-0.15, -0.1) is 0 Å². The molecule has 1 aliphatic rings. The van der Waals surface area contributed by atoms with Gasteiger partial charge >= 0.3 is 5.97 Å². The predicted molar refractivity (Wildman–Crippen MR) is 95.1 cm³/mol. The largest absolute Gasteiger partial charge is 0.452 e. The van der Waals surface area contributed by atoms with Crippen molar-refractivity contribution in [2.75, 3.05) is 18.1 Å². The number of hydrogen-bond acceptors (Lipinski definition) is 6. The van der Waals surface area contributed by atoms with E-state index in [9.17, 15) is 18.0 Å². The van der Waals surface area contributed by atoms with Crippen LogP contribution < -0.4 is 0 Å². The first kappa shape index (κ1) is 19.9. The molecule has 2 atom stereocenters. The molecular formula is C18H22N2O5S. The molecule has 7 nitrogen and oxygen atoms in total. The fraction of sp³-hybridized carbons (Fsp3) is 0.500. The van der Waals surface area contributed by atoms with Crippen LogP contribution in [0.2, 0.25) is 0 Å². The van der Waals surface area contributed by atoms with E-state index in [1.807, 2.05) is 19.9 Å². The standard InChI is InChI=1S/C18H22N2O5S/c1-3-13(2)20(16-8-9-26(23,24)12-16)17(21)11-25-18(22)15-6-4-14(10-19)5-7-15/h4-7,13,16H,3,8-9,11-12H2,1-2H3. The molecule has 26 heavy (non-hydrogen) atoms. The summed E-state index contributed by atoms with van der Waals surface area (Å²) in [6.45, 7) is 3.32. The lowest BCUT2D eigenvalue weighted by Gasteiger charge is -2.33. The van der Waals surface area contributed by atoms with Gasteiger partial charge in [-0.1, -0.05) is 6.92 Å². The quantitative estimate of drug-likeness (QED) is 0.695. The molecule has 1 heterocycles. The highest BCUT2D eigenvalue weighted by Crippen LogP contribution is 2.21. The van der Waals surface area contributed by atoms with E-state index in [-0.39, 0.29) is 29.2 Å². The van der Waals surface area contributed by atoms with Gasteiger partial charge in [0.2, 0.25) is 0 Å². The Labute approximate surface area is 153 Å². The molecule has 2 rings (SSSR count). The number of carbonyl (C=O) groups excluding carboxylic acids is 2. The molecule has 0 N–H and O–H groups in total. The normalized spacial score (nSPS) is 19.3. The van der Waals surface area contributed by atoms with Crippen LogP contribution in [0.15, 0.2) is 24.3 Å². The number of amides is 1. The second-order valence-electron chi connectivity index (χ2n) is 6.38. The molecule has 140 valence electrons. The highest BCUT2D eigenvalue weighted by molar-refractivity contribution is 7.91. The molecule has 1 saturated heterocycles. The van der Waals surface area contributed by atoms with Gasteiger partial charge in [-0.25, -0.2) is 13.2 Å². The van der Waals surface area contributed by atoms with Crippen molar-refractivity contribution in [1.29, 1.82) is 5.26 Å². The summed E-state index contributed by atoms with van der Waals surface area (Å²) in [6, 6.07) is 7.34. The van der Waals surface area contributed by atoms with Crippen molar-refractivity contribution < 1.29 is 22.7 Å². The van der Waals surface area contributed by atoms with E-state index in [1.165, 1.54) is 29.2 Å². The minimum atomic E-state index is -3.12. The van der Waals surface area contributed by atoms with Gasteiger partial charge in [0.05, 0.1) is 28.7 Å². The Hall–Kier alpha value is -2.40. The predicted octanol–water partition coefficient (Wildman–Crippen LogP) is 1.53. The molecule has 8 heteroatoms. The molecule has 1 aromatic carbocycles. The Morgan fingerprint density at radius 2 is 2.00 bits per heavy atom. The van der Waals surface area contributed by atoms with Crippen LogP contribution in [0.5, 0.6) is 0 Å². The first-order valence-corrected chi connectivity index (χ1v) is 10.3. The monoisotopic (exact) mass is 378 g/mol. The van der Waals surface area contributed by atoms with Crippen molar-refractivity contribution in [1.82, 2.24) is 4.90 Å². The third-order valence-electron chi connectivity index (χ3n) is 4.53. The number of ether oxygens (including phenoxy) is 1. The fourth-order valence-corrected chi connectivity index (χ4v) is 4.68. The van der Waals surface area contributed by atoms with Gasteiger partial charge < -0.3 is 9.64 Å². The Morgan fingerprint density at radius 1 is 1.35 bits per heavy atom. The molecule has 0 saturated carbocycles. The summed E-state index contributed by atoms with van der Waals surface area (Å²) in [6.07, 6.45) is 1.08. The Morgan fingerprint density at radius 3 is 2.50 bits per heavy atom. The van der Waals surface area contributed by atoms with Gasteiger partial charge in [-0.2, -0.15) is 5.26 Å². The van der Waals surface area contributed by atoms with E-state index in [0.717, 1.165) is 0 Å². The van der Waals surface area contributed by atoms with E-state index >= 15 is 0 Å². The summed E-state index contributed by atoms with van der Waals surface area (Å²) in [5, 5.41) is 8.76. The molecule has 0 bridgehead atoms. The van der Waals surface area contributed by atoms with E-state index in [0.29, 0.717) is 18.4 Å². The summed E-state index contributed by atoms with van der Waals surface area (Å²) in [4.78, 5) is 26.2. The van der Waals surface area contributed by atoms with Gasteiger partial charge in [-0.3, -0.25) is 4.79 Å². The maximum atomic E-state index is 12.6. The molecule has 0 radical (unpaired) electrons. The number of sulfone groups is 1. The van der Waals surface area contributed by atoms with Gasteiger partial charge in [-0.05, 0) is 44.0 Å². The molecule has 1 aliphatic heterocycles. The Balaban J connectivity index is 2.02. The van der Waals surface area contributed by atoms with E-state index in [2.05, 4.69) is 0 Å². The Kier molecular flexibility index (Phi) is 6.37. The van der Waals surface area contributed by atoms with Crippen molar-refractivity contribution in [2.24, 2.45) is 0 Å². The molecule has 2 unspecified atom stereocenters. The first-order valence-electron chi connectivity index (χ1n) is 8.46. The lowest BCUT2D eigenvalue weighted by molar-refractivity contribution is -0.138. The molecule has 0 spiro atoms. The van der Waals surface area contributed by atoms with Gasteiger partial charge in [0, 0.05) is 12.1 Å². The fourth-order valence-electron chi connectivity index (χ4n) is 2.97. The van der Waals surface area contributed by atoms with E-state index < -0.39 is 28.3 Å². The van der Waals surface area contributed by atoms with Gasteiger partial charge in [0.25, 0.3) is 5.91 Å². The Bertz CT molecular complexity index is 811. The minimum absolute atomic E-state index is 0.0490. The zero-order valence-corrected chi connectivity index (χ0v) is 15.7. The molecule has 1 aromatic rings.